The van der Waals surface area contributed by atoms with E-state index in [-0.39, 0.29) is 11.4 Å². The molecule has 0 radical (unpaired) electrons. The summed E-state index contributed by atoms with van der Waals surface area (Å²) in [5.74, 6) is -1.27. The second kappa shape index (κ2) is 6.01. The Hall–Kier alpha value is -2.28. The van der Waals surface area contributed by atoms with Gasteiger partial charge in [0.05, 0.1) is 10.6 Å². The summed E-state index contributed by atoms with van der Waals surface area (Å²) in [7, 11) is 0. The van der Waals surface area contributed by atoms with Crippen molar-refractivity contribution in [1.29, 1.82) is 0 Å². The van der Waals surface area contributed by atoms with Crippen LogP contribution in [0, 0.1) is 22.9 Å². The van der Waals surface area contributed by atoms with Crippen molar-refractivity contribution in [3.8, 4) is 0 Å². The molecule has 0 spiro atoms. The fraction of sp³-hybridized carbons (Fsp3) is 0.0714. The van der Waals surface area contributed by atoms with E-state index in [4.69, 9.17) is 0 Å². The average molecular weight is 353 g/mol. The summed E-state index contributed by atoms with van der Waals surface area (Å²) in [6.07, 6.45) is 0. The van der Waals surface area contributed by atoms with E-state index < -0.39 is 16.6 Å². The van der Waals surface area contributed by atoms with Gasteiger partial charge in [-0.15, -0.1) is 0 Å². The van der Waals surface area contributed by atoms with Crippen molar-refractivity contribution in [2.45, 2.75) is 6.92 Å². The van der Waals surface area contributed by atoms with Crippen LogP contribution >= 0.6 is 15.9 Å². The molecule has 0 atom stereocenters. The first kappa shape index (κ1) is 15.1. The number of nitro benzene ring substituents is 1. The Morgan fingerprint density at radius 2 is 2.00 bits per heavy atom. The monoisotopic (exact) mass is 352 g/mol. The zero-order valence-electron chi connectivity index (χ0n) is 10.9. The quantitative estimate of drug-likeness (QED) is 0.668. The smallest absolute Gasteiger partial charge is 0.271 e. The zero-order chi connectivity index (χ0) is 15.6. The van der Waals surface area contributed by atoms with Gasteiger partial charge in [0.1, 0.15) is 5.82 Å². The number of hydrogen-bond donors (Lipinski definition) is 1. The van der Waals surface area contributed by atoms with Crippen LogP contribution in [0.1, 0.15) is 15.9 Å². The van der Waals surface area contributed by atoms with E-state index in [0.29, 0.717) is 5.56 Å². The van der Waals surface area contributed by atoms with Crippen molar-refractivity contribution in [3.05, 3.63) is 67.9 Å². The first-order chi connectivity index (χ1) is 9.88. The molecule has 7 heteroatoms. The van der Waals surface area contributed by atoms with Gasteiger partial charge in [-0.05, 0) is 36.8 Å². The molecule has 1 N–H and O–H groups in total. The number of rotatable bonds is 3. The van der Waals surface area contributed by atoms with Crippen LogP contribution in [0.25, 0.3) is 0 Å². The van der Waals surface area contributed by atoms with Crippen molar-refractivity contribution in [2.75, 3.05) is 5.32 Å². The summed E-state index contributed by atoms with van der Waals surface area (Å²) in [6, 6.07) is 7.87. The van der Waals surface area contributed by atoms with Crippen LogP contribution < -0.4 is 5.32 Å². The summed E-state index contributed by atoms with van der Waals surface area (Å²) in [5, 5.41) is 13.0. The molecular formula is C14H10BrFN2O3. The lowest BCUT2D eigenvalue weighted by Crippen LogP contribution is -2.13. The molecule has 21 heavy (non-hydrogen) atoms. The van der Waals surface area contributed by atoms with Crippen molar-refractivity contribution >= 4 is 33.2 Å². The van der Waals surface area contributed by atoms with E-state index in [1.165, 1.54) is 0 Å². The summed E-state index contributed by atoms with van der Waals surface area (Å²) < 4.78 is 14.5. The molecule has 0 aliphatic rings. The van der Waals surface area contributed by atoms with Crippen LogP contribution in [0.4, 0.5) is 15.8 Å². The second-order valence-corrected chi connectivity index (χ2v) is 5.19. The molecule has 5 nitrogen and oxygen atoms in total. The molecule has 0 saturated carbocycles. The third-order valence-electron chi connectivity index (χ3n) is 2.83. The number of nitro groups is 1. The lowest BCUT2D eigenvalue weighted by Gasteiger charge is -2.07. The van der Waals surface area contributed by atoms with Gasteiger partial charge in [-0.25, -0.2) is 4.39 Å². The lowest BCUT2D eigenvalue weighted by atomic mass is 10.1. The van der Waals surface area contributed by atoms with Gasteiger partial charge in [-0.1, -0.05) is 15.9 Å². The largest absolute Gasteiger partial charge is 0.319 e. The third-order valence-corrected chi connectivity index (χ3v) is 3.72. The highest BCUT2D eigenvalue weighted by molar-refractivity contribution is 9.10. The first-order valence-corrected chi connectivity index (χ1v) is 6.69. The molecule has 2 rings (SSSR count). The number of nitrogens with one attached hydrogen (secondary N) is 1. The van der Waals surface area contributed by atoms with E-state index in [0.717, 1.165) is 28.2 Å². The highest BCUT2D eigenvalue weighted by Gasteiger charge is 2.14. The minimum atomic E-state index is -0.734. The zero-order valence-corrected chi connectivity index (χ0v) is 12.5. The van der Waals surface area contributed by atoms with E-state index in [9.17, 15) is 19.3 Å². The molecule has 2 aromatic carbocycles. The van der Waals surface area contributed by atoms with Crippen molar-refractivity contribution in [3.63, 3.8) is 0 Å². The fourth-order valence-electron chi connectivity index (χ4n) is 1.70. The Labute approximate surface area is 128 Å². The molecule has 0 heterocycles. The van der Waals surface area contributed by atoms with Crippen molar-refractivity contribution in [1.82, 2.24) is 0 Å². The number of nitrogens with zero attached hydrogens (tertiary/aromatic N) is 1. The van der Waals surface area contributed by atoms with Gasteiger partial charge < -0.3 is 5.32 Å². The fourth-order valence-corrected chi connectivity index (χ4v) is 1.95. The maximum absolute atomic E-state index is 13.6. The topological polar surface area (TPSA) is 72.2 Å². The van der Waals surface area contributed by atoms with Crippen molar-refractivity contribution < 1.29 is 14.1 Å². The van der Waals surface area contributed by atoms with Gasteiger partial charge in [-0.2, -0.15) is 0 Å². The standard InChI is InChI=1S/C14H10BrFN2O3/c1-8-6-9(2-4-11(8)15)14(19)17-13-7-10(18(20)21)3-5-12(13)16/h2-7H,1H3,(H,17,19). The Bertz CT molecular complexity index is 734. The number of non-ortho nitro benzene ring substituents is 1. The minimum Gasteiger partial charge on any atom is -0.319 e. The number of anilines is 1. The minimum absolute atomic E-state index is 0.227. The number of carbonyl (C=O) groups is 1. The van der Waals surface area contributed by atoms with E-state index in [1.54, 1.807) is 18.2 Å². The Kier molecular flexibility index (Phi) is 4.32. The van der Waals surface area contributed by atoms with Crippen LogP contribution in [0.15, 0.2) is 40.9 Å². The van der Waals surface area contributed by atoms with Crippen LogP contribution in [0.2, 0.25) is 0 Å². The van der Waals surface area contributed by atoms with Gasteiger partial charge in [-0.3, -0.25) is 14.9 Å². The lowest BCUT2D eigenvalue weighted by molar-refractivity contribution is -0.384. The summed E-state index contributed by atoms with van der Waals surface area (Å²) in [6.45, 7) is 1.81. The second-order valence-electron chi connectivity index (χ2n) is 4.34. The van der Waals surface area contributed by atoms with E-state index in [1.807, 2.05) is 6.92 Å². The molecule has 2 aromatic rings. The van der Waals surface area contributed by atoms with Crippen molar-refractivity contribution in [2.24, 2.45) is 0 Å². The molecule has 0 bridgehead atoms. The molecule has 0 fully saturated rings. The number of aryl methyl sites for hydroxylation is 1. The molecule has 0 aliphatic carbocycles. The Balaban J connectivity index is 2.28. The number of halogens is 2. The number of hydrogen-bond acceptors (Lipinski definition) is 3. The predicted octanol–water partition coefficient (Wildman–Crippen LogP) is 4.06. The third kappa shape index (κ3) is 3.43. The van der Waals surface area contributed by atoms with Gasteiger partial charge >= 0.3 is 0 Å². The van der Waals surface area contributed by atoms with Gasteiger partial charge in [0.2, 0.25) is 0 Å². The number of carbonyl (C=O) groups excluding carboxylic acids is 1. The predicted molar refractivity (Wildman–Crippen MR) is 79.9 cm³/mol. The average Bonchev–Trinajstić information content (AvgIpc) is 2.43. The molecule has 0 aliphatic heterocycles. The summed E-state index contributed by atoms with van der Waals surface area (Å²) >= 11 is 3.32. The van der Waals surface area contributed by atoms with Crippen LogP contribution in [0.3, 0.4) is 0 Å². The Morgan fingerprint density at radius 1 is 1.29 bits per heavy atom. The first-order valence-electron chi connectivity index (χ1n) is 5.90. The van der Waals surface area contributed by atoms with Crippen LogP contribution in [-0.2, 0) is 0 Å². The normalized spacial score (nSPS) is 10.2. The number of benzene rings is 2. The summed E-state index contributed by atoms with van der Waals surface area (Å²) in [5.41, 5.74) is 0.664. The maximum Gasteiger partial charge on any atom is 0.271 e. The molecule has 0 saturated heterocycles. The van der Waals surface area contributed by atoms with E-state index in [2.05, 4.69) is 21.2 Å². The number of amides is 1. The molecule has 0 unspecified atom stereocenters. The van der Waals surface area contributed by atoms with Gasteiger partial charge in [0.15, 0.2) is 0 Å². The Morgan fingerprint density at radius 3 is 2.62 bits per heavy atom. The molecule has 108 valence electrons. The van der Waals surface area contributed by atoms with Gasteiger partial charge in [0, 0.05) is 22.2 Å². The van der Waals surface area contributed by atoms with Crippen LogP contribution in [0.5, 0.6) is 0 Å². The molecule has 0 aromatic heterocycles. The van der Waals surface area contributed by atoms with E-state index >= 15 is 0 Å². The highest BCUT2D eigenvalue weighted by Crippen LogP contribution is 2.23. The SMILES string of the molecule is Cc1cc(C(=O)Nc2cc([N+](=O)[O-])ccc2F)ccc1Br. The maximum atomic E-state index is 13.6. The molecule has 1 amide bonds. The highest BCUT2D eigenvalue weighted by atomic mass is 79.9. The summed E-state index contributed by atoms with van der Waals surface area (Å²) in [4.78, 5) is 22.1. The molecular weight excluding hydrogens is 343 g/mol. The van der Waals surface area contributed by atoms with Crippen LogP contribution in [-0.4, -0.2) is 10.8 Å². The van der Waals surface area contributed by atoms with Gasteiger partial charge in [0.25, 0.3) is 11.6 Å².